The molecule has 0 radical (unpaired) electrons. The number of aromatic nitrogens is 1. The molecule has 3 rings (SSSR count). The monoisotopic (exact) mass is 345 g/mol. The average molecular weight is 345 g/mol. The number of hydrogen-bond acceptors (Lipinski definition) is 5. The van der Waals surface area contributed by atoms with Crippen LogP contribution in [0, 0.1) is 12.3 Å². The van der Waals surface area contributed by atoms with E-state index in [0.29, 0.717) is 31.0 Å². The summed E-state index contributed by atoms with van der Waals surface area (Å²) in [5.41, 5.74) is 7.43. The Labute approximate surface area is 146 Å². The number of carbonyl (C=O) groups excluding carboxylic acids is 1. The fourth-order valence-corrected chi connectivity index (χ4v) is 3.49. The van der Waals surface area contributed by atoms with Crippen molar-refractivity contribution in [2.45, 2.75) is 26.9 Å². The minimum absolute atomic E-state index is 0.0340. The number of benzene rings is 1. The second kappa shape index (κ2) is 6.91. The number of carbonyl (C=O) groups is 1. The highest BCUT2D eigenvalue weighted by atomic mass is 32.1. The van der Waals surface area contributed by atoms with Gasteiger partial charge in [0, 0.05) is 24.0 Å². The second-order valence-electron chi connectivity index (χ2n) is 6.67. The van der Waals surface area contributed by atoms with Crippen LogP contribution in [0.15, 0.2) is 29.6 Å². The van der Waals surface area contributed by atoms with Crippen molar-refractivity contribution in [3.63, 3.8) is 0 Å². The fraction of sp³-hybridized carbons (Fsp3) is 0.444. The Bertz CT molecular complexity index is 731. The van der Waals surface area contributed by atoms with Gasteiger partial charge in [0.25, 0.3) is 5.91 Å². The van der Waals surface area contributed by atoms with Crippen molar-refractivity contribution in [2.24, 2.45) is 11.1 Å². The van der Waals surface area contributed by atoms with Gasteiger partial charge in [-0.05, 0) is 43.5 Å². The van der Waals surface area contributed by atoms with Crippen LogP contribution in [0.25, 0.3) is 0 Å². The molecular weight excluding hydrogens is 322 g/mol. The molecular formula is C18H23N3O2S. The van der Waals surface area contributed by atoms with Crippen molar-refractivity contribution in [1.82, 2.24) is 9.88 Å². The van der Waals surface area contributed by atoms with E-state index in [2.05, 4.69) is 11.9 Å². The molecule has 1 saturated heterocycles. The van der Waals surface area contributed by atoms with Gasteiger partial charge < -0.3 is 15.4 Å². The van der Waals surface area contributed by atoms with E-state index in [1.807, 2.05) is 35.4 Å². The average Bonchev–Trinajstić information content (AvgIpc) is 3.19. The molecule has 1 aromatic carbocycles. The van der Waals surface area contributed by atoms with Crippen molar-refractivity contribution in [3.8, 4) is 5.75 Å². The summed E-state index contributed by atoms with van der Waals surface area (Å²) in [6.07, 6.45) is 0.953. The van der Waals surface area contributed by atoms with Crippen LogP contribution in [0.2, 0.25) is 0 Å². The SMILES string of the molecule is Cc1nc(COc2cccc(C(=O)N3CCC(C)(CN)C3)c2)cs1. The van der Waals surface area contributed by atoms with Crippen LogP contribution < -0.4 is 10.5 Å². The molecule has 6 heteroatoms. The van der Waals surface area contributed by atoms with Crippen LogP contribution in [0.1, 0.15) is 34.4 Å². The zero-order valence-corrected chi connectivity index (χ0v) is 14.9. The molecule has 0 saturated carbocycles. The lowest BCUT2D eigenvalue weighted by Crippen LogP contribution is -2.34. The van der Waals surface area contributed by atoms with Gasteiger partial charge in [-0.2, -0.15) is 0 Å². The predicted molar refractivity (Wildman–Crippen MR) is 95.3 cm³/mol. The van der Waals surface area contributed by atoms with Gasteiger partial charge >= 0.3 is 0 Å². The number of thiazole rings is 1. The Morgan fingerprint density at radius 2 is 2.33 bits per heavy atom. The summed E-state index contributed by atoms with van der Waals surface area (Å²) in [6, 6.07) is 7.36. The fourth-order valence-electron chi connectivity index (χ4n) is 2.90. The lowest BCUT2D eigenvalue weighted by Gasteiger charge is -2.22. The van der Waals surface area contributed by atoms with Crippen molar-refractivity contribution >= 4 is 17.2 Å². The largest absolute Gasteiger partial charge is 0.487 e. The van der Waals surface area contributed by atoms with Crippen LogP contribution in [0.3, 0.4) is 0 Å². The van der Waals surface area contributed by atoms with Crippen molar-refractivity contribution < 1.29 is 9.53 Å². The lowest BCUT2D eigenvalue weighted by molar-refractivity contribution is 0.0776. The maximum atomic E-state index is 12.7. The number of amides is 1. The zero-order chi connectivity index (χ0) is 17.2. The minimum Gasteiger partial charge on any atom is -0.487 e. The van der Waals surface area contributed by atoms with E-state index in [-0.39, 0.29) is 11.3 Å². The summed E-state index contributed by atoms with van der Waals surface area (Å²) < 4.78 is 5.77. The Morgan fingerprint density at radius 3 is 3.00 bits per heavy atom. The summed E-state index contributed by atoms with van der Waals surface area (Å²) in [5.74, 6) is 0.731. The lowest BCUT2D eigenvalue weighted by atomic mass is 9.90. The van der Waals surface area contributed by atoms with Crippen molar-refractivity contribution in [1.29, 1.82) is 0 Å². The summed E-state index contributed by atoms with van der Waals surface area (Å²) in [7, 11) is 0. The van der Waals surface area contributed by atoms with Crippen LogP contribution in [0.5, 0.6) is 5.75 Å². The molecule has 5 nitrogen and oxygen atoms in total. The first kappa shape index (κ1) is 16.9. The van der Waals surface area contributed by atoms with E-state index in [1.165, 1.54) is 0 Å². The Hall–Kier alpha value is -1.92. The number of nitrogens with zero attached hydrogens (tertiary/aromatic N) is 2. The van der Waals surface area contributed by atoms with Gasteiger partial charge in [0.05, 0.1) is 10.7 Å². The van der Waals surface area contributed by atoms with Gasteiger partial charge in [-0.1, -0.05) is 13.0 Å². The quantitative estimate of drug-likeness (QED) is 0.905. The van der Waals surface area contributed by atoms with Gasteiger partial charge in [-0.25, -0.2) is 4.98 Å². The zero-order valence-electron chi connectivity index (χ0n) is 14.1. The van der Waals surface area contributed by atoms with Gasteiger partial charge in [0.1, 0.15) is 12.4 Å². The molecule has 1 aromatic heterocycles. The smallest absolute Gasteiger partial charge is 0.254 e. The number of rotatable bonds is 5. The summed E-state index contributed by atoms with van der Waals surface area (Å²) in [6.45, 7) is 6.60. The molecule has 1 atom stereocenters. The van der Waals surface area contributed by atoms with E-state index in [9.17, 15) is 4.79 Å². The number of hydrogen-bond donors (Lipinski definition) is 1. The maximum absolute atomic E-state index is 12.7. The maximum Gasteiger partial charge on any atom is 0.254 e. The topological polar surface area (TPSA) is 68.5 Å². The standard InChI is InChI=1S/C18H23N3O2S/c1-13-20-15(10-24-13)9-23-16-5-3-4-14(8-16)17(22)21-7-6-18(2,11-19)12-21/h3-5,8,10H,6-7,9,11-12,19H2,1-2H3. The van der Waals surface area contributed by atoms with Gasteiger partial charge in [-0.15, -0.1) is 11.3 Å². The van der Waals surface area contributed by atoms with Gasteiger partial charge in [-0.3, -0.25) is 4.79 Å². The van der Waals surface area contributed by atoms with E-state index in [1.54, 1.807) is 17.4 Å². The second-order valence-corrected chi connectivity index (χ2v) is 7.73. The number of likely N-dealkylation sites (tertiary alicyclic amines) is 1. The molecule has 1 unspecified atom stereocenters. The van der Waals surface area contributed by atoms with E-state index >= 15 is 0 Å². The van der Waals surface area contributed by atoms with Crippen molar-refractivity contribution in [3.05, 3.63) is 45.9 Å². The summed E-state index contributed by atoms with van der Waals surface area (Å²) in [5, 5.41) is 3.01. The van der Waals surface area contributed by atoms with E-state index in [0.717, 1.165) is 23.7 Å². The molecule has 24 heavy (non-hydrogen) atoms. The number of nitrogens with two attached hydrogens (primary N) is 1. The third-order valence-corrected chi connectivity index (χ3v) is 5.29. The highest BCUT2D eigenvalue weighted by Gasteiger charge is 2.35. The third-order valence-electron chi connectivity index (χ3n) is 4.47. The number of aryl methyl sites for hydroxylation is 1. The molecule has 0 spiro atoms. The molecule has 2 heterocycles. The van der Waals surface area contributed by atoms with Gasteiger partial charge in [0.2, 0.25) is 0 Å². The Balaban J connectivity index is 1.65. The molecule has 1 fully saturated rings. The first-order chi connectivity index (χ1) is 11.5. The normalized spacial score (nSPS) is 20.4. The summed E-state index contributed by atoms with van der Waals surface area (Å²) >= 11 is 1.60. The number of ether oxygens (including phenoxy) is 1. The third kappa shape index (κ3) is 3.76. The van der Waals surface area contributed by atoms with E-state index in [4.69, 9.17) is 10.5 Å². The first-order valence-corrected chi connectivity index (χ1v) is 9.00. The molecule has 128 valence electrons. The summed E-state index contributed by atoms with van der Waals surface area (Å²) in [4.78, 5) is 19.0. The minimum atomic E-state index is 0.0340. The Morgan fingerprint density at radius 1 is 1.50 bits per heavy atom. The molecule has 0 bridgehead atoms. The van der Waals surface area contributed by atoms with Gasteiger partial charge in [0.15, 0.2) is 0 Å². The highest BCUT2D eigenvalue weighted by molar-refractivity contribution is 7.09. The van der Waals surface area contributed by atoms with Crippen LogP contribution in [-0.2, 0) is 6.61 Å². The van der Waals surface area contributed by atoms with Crippen LogP contribution in [0.4, 0.5) is 0 Å². The van der Waals surface area contributed by atoms with Crippen LogP contribution >= 0.6 is 11.3 Å². The van der Waals surface area contributed by atoms with Crippen molar-refractivity contribution in [2.75, 3.05) is 19.6 Å². The highest BCUT2D eigenvalue weighted by Crippen LogP contribution is 2.30. The molecule has 1 aliphatic rings. The first-order valence-electron chi connectivity index (χ1n) is 8.12. The molecule has 2 N–H and O–H groups in total. The molecule has 1 amide bonds. The molecule has 2 aromatic rings. The molecule has 0 aliphatic carbocycles. The predicted octanol–water partition coefficient (Wildman–Crippen LogP) is 2.84. The Kier molecular flexibility index (Phi) is 4.87. The van der Waals surface area contributed by atoms with Crippen LogP contribution in [-0.4, -0.2) is 35.4 Å². The van der Waals surface area contributed by atoms with E-state index < -0.39 is 0 Å². The molecule has 1 aliphatic heterocycles.